The van der Waals surface area contributed by atoms with Crippen LogP contribution in [0.25, 0.3) is 0 Å². The maximum absolute atomic E-state index is 13.5. The molecule has 0 radical (unpaired) electrons. The number of fused-ring (bicyclic) bond motifs is 1. The van der Waals surface area contributed by atoms with E-state index in [-0.39, 0.29) is 23.8 Å². The van der Waals surface area contributed by atoms with E-state index in [1.165, 1.54) is 6.33 Å². The largest absolute Gasteiger partial charge is 0.387 e. The fraction of sp³-hybridized carbons (Fsp3) is 0.538. The molecule has 8 nitrogen and oxygen atoms in total. The van der Waals surface area contributed by atoms with Crippen LogP contribution in [0, 0.1) is 17.2 Å². The topological polar surface area (TPSA) is 105 Å². The SMILES string of the molecule is CC(C)NCC(Cc1cccc(C#N)c1)C(=O)N1CCN(c2ncnc3c2[C@H](C)C[C@H]3O)CC1. The number of nitrogens with zero attached hydrogens (tertiary/aromatic N) is 5. The number of carbonyl (C=O) groups excluding carboxylic acids is 1. The van der Waals surface area contributed by atoms with Crippen LogP contribution in [0.2, 0.25) is 0 Å². The summed E-state index contributed by atoms with van der Waals surface area (Å²) in [7, 11) is 0. The normalized spacial score (nSPS) is 20.8. The molecule has 1 aromatic heterocycles. The Labute approximate surface area is 201 Å². The molecule has 1 amide bonds. The number of amides is 1. The summed E-state index contributed by atoms with van der Waals surface area (Å²) in [5.74, 6) is 1.07. The third-order valence-corrected chi connectivity index (χ3v) is 6.83. The summed E-state index contributed by atoms with van der Waals surface area (Å²) in [6.45, 7) is 9.52. The van der Waals surface area contributed by atoms with E-state index in [1.807, 2.05) is 23.1 Å². The molecule has 2 N–H and O–H groups in total. The van der Waals surface area contributed by atoms with Gasteiger partial charge in [0.2, 0.25) is 5.91 Å². The summed E-state index contributed by atoms with van der Waals surface area (Å²) in [5, 5.41) is 23.0. The number of anilines is 1. The zero-order valence-corrected chi connectivity index (χ0v) is 20.2. The number of rotatable bonds is 7. The number of carbonyl (C=O) groups is 1. The Bertz CT molecular complexity index is 1060. The number of nitrogens with one attached hydrogen (secondary N) is 1. The Balaban J connectivity index is 1.44. The van der Waals surface area contributed by atoms with Gasteiger partial charge in [-0.2, -0.15) is 5.26 Å². The van der Waals surface area contributed by atoms with Gasteiger partial charge < -0.3 is 20.2 Å². The summed E-state index contributed by atoms with van der Waals surface area (Å²) in [4.78, 5) is 26.6. The van der Waals surface area contributed by atoms with Crippen molar-refractivity contribution in [1.82, 2.24) is 20.2 Å². The lowest BCUT2D eigenvalue weighted by Gasteiger charge is -2.38. The number of hydrogen-bond donors (Lipinski definition) is 2. The zero-order valence-electron chi connectivity index (χ0n) is 20.2. The van der Waals surface area contributed by atoms with E-state index in [9.17, 15) is 15.2 Å². The fourth-order valence-electron chi connectivity index (χ4n) is 5.03. The van der Waals surface area contributed by atoms with Gasteiger partial charge in [0.15, 0.2) is 0 Å². The molecule has 2 aliphatic rings. The van der Waals surface area contributed by atoms with Gasteiger partial charge in [-0.25, -0.2) is 9.97 Å². The van der Waals surface area contributed by atoms with E-state index < -0.39 is 6.10 Å². The van der Waals surface area contributed by atoms with Crippen LogP contribution in [0.1, 0.15) is 61.6 Å². The van der Waals surface area contributed by atoms with E-state index in [4.69, 9.17) is 0 Å². The second-order valence-electron chi connectivity index (χ2n) is 9.74. The Kier molecular flexibility index (Phi) is 7.44. The molecule has 4 rings (SSSR count). The first-order valence-corrected chi connectivity index (χ1v) is 12.2. The molecule has 1 fully saturated rings. The predicted molar refractivity (Wildman–Crippen MR) is 130 cm³/mol. The molecule has 2 heterocycles. The van der Waals surface area contributed by atoms with Crippen LogP contribution in [-0.4, -0.2) is 64.6 Å². The average Bonchev–Trinajstić information content (AvgIpc) is 3.15. The summed E-state index contributed by atoms with van der Waals surface area (Å²) < 4.78 is 0. The number of aliphatic hydroxyl groups excluding tert-OH is 1. The van der Waals surface area contributed by atoms with Gasteiger partial charge in [0.1, 0.15) is 12.1 Å². The van der Waals surface area contributed by atoms with Crippen molar-refractivity contribution in [3.05, 3.63) is 53.0 Å². The van der Waals surface area contributed by atoms with Crippen LogP contribution in [0.4, 0.5) is 5.82 Å². The van der Waals surface area contributed by atoms with Crippen LogP contribution in [0.15, 0.2) is 30.6 Å². The molecule has 0 saturated carbocycles. The lowest BCUT2D eigenvalue weighted by Crippen LogP contribution is -2.52. The first-order valence-electron chi connectivity index (χ1n) is 12.2. The quantitative estimate of drug-likeness (QED) is 0.651. The minimum absolute atomic E-state index is 0.145. The highest BCUT2D eigenvalue weighted by Gasteiger charge is 2.34. The summed E-state index contributed by atoms with van der Waals surface area (Å²) in [6.07, 6.45) is 2.29. The number of aliphatic hydroxyl groups is 1. The molecule has 1 unspecified atom stereocenters. The molecule has 1 aromatic carbocycles. The molecule has 180 valence electrons. The maximum atomic E-state index is 13.5. The van der Waals surface area contributed by atoms with Crippen molar-refractivity contribution in [3.63, 3.8) is 0 Å². The van der Waals surface area contributed by atoms with Gasteiger partial charge in [-0.1, -0.05) is 32.9 Å². The second-order valence-corrected chi connectivity index (χ2v) is 9.74. The van der Waals surface area contributed by atoms with E-state index >= 15 is 0 Å². The Morgan fingerprint density at radius 1 is 1.26 bits per heavy atom. The molecule has 1 aliphatic heterocycles. The molecule has 1 aliphatic carbocycles. The second kappa shape index (κ2) is 10.5. The molecule has 8 heteroatoms. The van der Waals surface area contributed by atoms with Gasteiger partial charge in [0, 0.05) is 44.3 Å². The monoisotopic (exact) mass is 462 g/mol. The standard InChI is InChI=1S/C26H34N6O2/c1-17(2)28-15-21(13-19-5-4-6-20(12-19)14-27)26(34)32-9-7-31(8-10-32)25-23-18(3)11-22(33)24(23)29-16-30-25/h4-6,12,16-18,21-22,28,33H,7-11,13,15H2,1-3H3/t18-,21?,22-/m1/s1. The molecular formula is C26H34N6O2. The summed E-state index contributed by atoms with van der Waals surface area (Å²) >= 11 is 0. The van der Waals surface area contributed by atoms with Crippen molar-refractivity contribution < 1.29 is 9.90 Å². The third kappa shape index (κ3) is 5.21. The maximum Gasteiger partial charge on any atom is 0.227 e. The highest BCUT2D eigenvalue weighted by molar-refractivity contribution is 5.80. The van der Waals surface area contributed by atoms with Gasteiger partial charge in [0.25, 0.3) is 0 Å². The van der Waals surface area contributed by atoms with Gasteiger partial charge >= 0.3 is 0 Å². The first-order chi connectivity index (χ1) is 16.4. The third-order valence-electron chi connectivity index (χ3n) is 6.83. The van der Waals surface area contributed by atoms with Crippen LogP contribution in [0.3, 0.4) is 0 Å². The highest BCUT2D eigenvalue weighted by atomic mass is 16.3. The summed E-state index contributed by atoms with van der Waals surface area (Å²) in [5.41, 5.74) is 3.41. The predicted octanol–water partition coefficient (Wildman–Crippen LogP) is 2.39. The minimum Gasteiger partial charge on any atom is -0.387 e. The first kappa shape index (κ1) is 24.1. The number of piperazine rings is 1. The van der Waals surface area contributed by atoms with Crippen molar-refractivity contribution in [2.24, 2.45) is 5.92 Å². The van der Waals surface area contributed by atoms with Crippen LogP contribution in [0.5, 0.6) is 0 Å². The van der Waals surface area contributed by atoms with Crippen LogP contribution >= 0.6 is 0 Å². The van der Waals surface area contributed by atoms with E-state index in [1.54, 1.807) is 6.07 Å². The Morgan fingerprint density at radius 3 is 2.74 bits per heavy atom. The number of hydrogen-bond acceptors (Lipinski definition) is 7. The Hall–Kier alpha value is -3.02. The van der Waals surface area contributed by atoms with Crippen LogP contribution < -0.4 is 10.2 Å². The van der Waals surface area contributed by atoms with Crippen molar-refractivity contribution in [2.75, 3.05) is 37.6 Å². The molecule has 0 bridgehead atoms. The smallest absolute Gasteiger partial charge is 0.227 e. The van der Waals surface area contributed by atoms with Gasteiger partial charge in [-0.05, 0) is 36.5 Å². The van der Waals surface area contributed by atoms with Crippen molar-refractivity contribution in [1.29, 1.82) is 5.26 Å². The molecule has 34 heavy (non-hydrogen) atoms. The lowest BCUT2D eigenvalue weighted by molar-refractivity contribution is -0.135. The Morgan fingerprint density at radius 2 is 2.03 bits per heavy atom. The van der Waals surface area contributed by atoms with Crippen LogP contribution in [-0.2, 0) is 11.2 Å². The van der Waals surface area contributed by atoms with Gasteiger partial charge in [-0.15, -0.1) is 0 Å². The molecule has 1 saturated heterocycles. The zero-order chi connectivity index (χ0) is 24.2. The van der Waals surface area contributed by atoms with Crippen molar-refractivity contribution in [3.8, 4) is 6.07 Å². The lowest BCUT2D eigenvalue weighted by atomic mass is 9.96. The van der Waals surface area contributed by atoms with E-state index in [2.05, 4.69) is 47.0 Å². The summed E-state index contributed by atoms with van der Waals surface area (Å²) in [6, 6.07) is 10.00. The number of nitriles is 1. The molecule has 2 aromatic rings. The number of aromatic nitrogens is 2. The minimum atomic E-state index is -0.525. The molecule has 0 spiro atoms. The van der Waals surface area contributed by atoms with E-state index in [0.29, 0.717) is 51.1 Å². The van der Waals surface area contributed by atoms with Gasteiger partial charge in [0.05, 0.1) is 29.3 Å². The van der Waals surface area contributed by atoms with Crippen molar-refractivity contribution >= 4 is 11.7 Å². The average molecular weight is 463 g/mol. The molecule has 3 atom stereocenters. The number of benzene rings is 1. The fourth-order valence-corrected chi connectivity index (χ4v) is 5.03. The van der Waals surface area contributed by atoms with Crippen molar-refractivity contribution in [2.45, 2.75) is 51.7 Å². The van der Waals surface area contributed by atoms with E-state index in [0.717, 1.165) is 22.6 Å². The van der Waals surface area contributed by atoms with Gasteiger partial charge in [-0.3, -0.25) is 4.79 Å². The molecular weight excluding hydrogens is 428 g/mol. The highest BCUT2D eigenvalue weighted by Crippen LogP contribution is 2.42.